The number of anilines is 1. The highest BCUT2D eigenvalue weighted by Crippen LogP contribution is 2.43. The molecule has 3 aliphatic heterocycles. The van der Waals surface area contributed by atoms with Gasteiger partial charge in [-0.25, -0.2) is 4.79 Å². The number of unbranched alkanes of at least 4 members (excludes halogenated alkanes) is 1. The van der Waals surface area contributed by atoms with Gasteiger partial charge in [0, 0.05) is 18.6 Å². The maximum Gasteiger partial charge on any atom is 0.322 e. The van der Waals surface area contributed by atoms with Crippen LogP contribution in [-0.2, 0) is 0 Å². The van der Waals surface area contributed by atoms with Gasteiger partial charge < -0.3 is 10.2 Å². The van der Waals surface area contributed by atoms with Crippen molar-refractivity contribution in [2.24, 2.45) is 11.8 Å². The third-order valence-electron chi connectivity index (χ3n) is 6.90. The Balaban J connectivity index is 1.57. The first kappa shape index (κ1) is 19.1. The highest BCUT2D eigenvalue weighted by Gasteiger charge is 2.49. The van der Waals surface area contributed by atoms with Crippen LogP contribution in [0.2, 0.25) is 5.02 Å². The van der Waals surface area contributed by atoms with E-state index >= 15 is 0 Å². The van der Waals surface area contributed by atoms with E-state index in [-0.39, 0.29) is 6.03 Å². The number of likely N-dealkylation sites (tertiary alicyclic amines) is 1. The molecule has 3 aliphatic rings. The van der Waals surface area contributed by atoms with Gasteiger partial charge in [0.25, 0.3) is 0 Å². The van der Waals surface area contributed by atoms with Crippen LogP contribution in [0, 0.1) is 11.8 Å². The van der Waals surface area contributed by atoms with Crippen LogP contribution in [0.3, 0.4) is 0 Å². The Bertz CT molecular complexity index is 665. The van der Waals surface area contributed by atoms with Gasteiger partial charge in [-0.05, 0) is 69.2 Å². The molecule has 1 aromatic carbocycles. The molecule has 0 aliphatic carbocycles. The molecule has 4 nitrogen and oxygen atoms in total. The number of rotatable bonds is 4. The minimum Gasteiger partial charge on any atom is -0.321 e. The van der Waals surface area contributed by atoms with Crippen LogP contribution in [0.1, 0.15) is 51.9 Å². The molecule has 4 rings (SSSR count). The number of hydrogen-bond donors (Lipinski definition) is 1. The normalized spacial score (nSPS) is 30.7. The maximum absolute atomic E-state index is 13.3. The number of carbonyl (C=O) groups excluding carboxylic acids is 1. The van der Waals surface area contributed by atoms with E-state index in [1.807, 2.05) is 24.3 Å². The lowest BCUT2D eigenvalue weighted by molar-refractivity contribution is -0.0617. The van der Waals surface area contributed by atoms with Crippen molar-refractivity contribution in [1.82, 2.24) is 9.80 Å². The number of benzene rings is 1. The van der Waals surface area contributed by atoms with Crippen molar-refractivity contribution in [2.75, 3.05) is 25.0 Å². The Morgan fingerprint density at radius 1 is 1.22 bits per heavy atom. The Morgan fingerprint density at radius 2 is 2.00 bits per heavy atom. The monoisotopic (exact) mass is 389 g/mol. The molecular formula is C22H32ClN3O. The molecule has 0 bridgehead atoms. The first-order valence-electron chi connectivity index (χ1n) is 10.7. The number of nitrogens with zero attached hydrogens (tertiary/aromatic N) is 2. The molecule has 0 aromatic heterocycles. The molecule has 5 heteroatoms. The number of para-hydroxylation sites is 1. The van der Waals surface area contributed by atoms with Gasteiger partial charge in [-0.15, -0.1) is 0 Å². The van der Waals surface area contributed by atoms with E-state index < -0.39 is 0 Å². The minimum absolute atomic E-state index is 0.0327. The molecule has 148 valence electrons. The highest BCUT2D eigenvalue weighted by atomic mass is 35.5. The third-order valence-corrected chi connectivity index (χ3v) is 7.23. The van der Waals surface area contributed by atoms with Gasteiger partial charge in [-0.1, -0.05) is 43.5 Å². The summed E-state index contributed by atoms with van der Waals surface area (Å²) in [5, 5.41) is 3.70. The van der Waals surface area contributed by atoms with Crippen molar-refractivity contribution in [1.29, 1.82) is 0 Å². The summed E-state index contributed by atoms with van der Waals surface area (Å²) in [6, 6.07) is 8.61. The molecule has 1 aromatic rings. The van der Waals surface area contributed by atoms with Gasteiger partial charge in [-0.2, -0.15) is 0 Å². The van der Waals surface area contributed by atoms with E-state index in [1.165, 1.54) is 51.6 Å². The van der Waals surface area contributed by atoms with Crippen molar-refractivity contribution in [3.05, 3.63) is 29.3 Å². The number of carbonyl (C=O) groups is 1. The zero-order chi connectivity index (χ0) is 18.8. The topological polar surface area (TPSA) is 35.6 Å². The predicted octanol–water partition coefficient (Wildman–Crippen LogP) is 5.24. The van der Waals surface area contributed by atoms with Crippen molar-refractivity contribution in [2.45, 2.75) is 64.0 Å². The number of halogens is 1. The standard InChI is InChI=1S/C22H32ClN3O/c1-2-3-12-20-17-9-7-14-25-13-6-8-16(21(17)25)15-26(20)22(27)24-19-11-5-4-10-18(19)23/h4-5,10-11,16-17,20-21H,2-3,6-9,12-15H2,1H3,(H,24,27)/t16-,17+,20+,21-/m0/s1. The summed E-state index contributed by atoms with van der Waals surface area (Å²) >= 11 is 6.28. The lowest BCUT2D eigenvalue weighted by Gasteiger charge is -2.57. The third kappa shape index (κ3) is 3.84. The van der Waals surface area contributed by atoms with Gasteiger partial charge in [0.05, 0.1) is 10.7 Å². The number of hydrogen-bond acceptors (Lipinski definition) is 2. The minimum atomic E-state index is 0.0327. The van der Waals surface area contributed by atoms with Crippen LogP contribution in [0.5, 0.6) is 0 Å². The zero-order valence-electron chi connectivity index (χ0n) is 16.4. The number of amides is 2. The molecular weight excluding hydrogens is 358 g/mol. The van der Waals surface area contributed by atoms with E-state index in [0.717, 1.165) is 18.7 Å². The summed E-state index contributed by atoms with van der Waals surface area (Å²) in [6.45, 7) is 5.64. The smallest absolute Gasteiger partial charge is 0.321 e. The summed E-state index contributed by atoms with van der Waals surface area (Å²) in [4.78, 5) is 18.2. The van der Waals surface area contributed by atoms with Gasteiger partial charge >= 0.3 is 6.03 Å². The van der Waals surface area contributed by atoms with E-state index in [1.54, 1.807) is 0 Å². The predicted molar refractivity (Wildman–Crippen MR) is 111 cm³/mol. The Labute approximate surface area is 168 Å². The lowest BCUT2D eigenvalue weighted by atomic mass is 9.69. The fraction of sp³-hybridized carbons (Fsp3) is 0.682. The molecule has 3 fully saturated rings. The van der Waals surface area contributed by atoms with Gasteiger partial charge in [0.2, 0.25) is 0 Å². The quantitative estimate of drug-likeness (QED) is 0.764. The highest BCUT2D eigenvalue weighted by molar-refractivity contribution is 6.33. The summed E-state index contributed by atoms with van der Waals surface area (Å²) in [5.74, 6) is 1.25. The Hall–Kier alpha value is -1.26. The van der Waals surface area contributed by atoms with Crippen LogP contribution in [0.15, 0.2) is 24.3 Å². The fourth-order valence-electron chi connectivity index (χ4n) is 5.76. The van der Waals surface area contributed by atoms with Crippen molar-refractivity contribution < 1.29 is 4.79 Å². The van der Waals surface area contributed by atoms with Gasteiger partial charge in [0.1, 0.15) is 0 Å². The van der Waals surface area contributed by atoms with Crippen molar-refractivity contribution in [3.8, 4) is 0 Å². The molecule has 2 amide bonds. The molecule has 0 saturated carbocycles. The largest absolute Gasteiger partial charge is 0.322 e. The number of urea groups is 1. The zero-order valence-corrected chi connectivity index (χ0v) is 17.1. The van der Waals surface area contributed by atoms with E-state index in [2.05, 4.69) is 22.0 Å². The van der Waals surface area contributed by atoms with E-state index in [4.69, 9.17) is 11.6 Å². The van der Waals surface area contributed by atoms with Crippen molar-refractivity contribution in [3.63, 3.8) is 0 Å². The summed E-state index contributed by atoms with van der Waals surface area (Å²) in [6.07, 6.45) is 8.56. The van der Waals surface area contributed by atoms with Gasteiger partial charge in [-0.3, -0.25) is 4.90 Å². The van der Waals surface area contributed by atoms with E-state index in [9.17, 15) is 4.79 Å². The molecule has 0 spiro atoms. The summed E-state index contributed by atoms with van der Waals surface area (Å²) in [7, 11) is 0. The Kier molecular flexibility index (Phi) is 5.93. The molecule has 0 radical (unpaired) electrons. The fourth-order valence-corrected chi connectivity index (χ4v) is 5.94. The molecule has 0 unspecified atom stereocenters. The SMILES string of the molecule is CCCC[C@@H]1[C@H]2CCCN3CCC[C@@H](CN1C(=O)Nc1ccccc1Cl)[C@@H]23. The molecule has 3 saturated heterocycles. The molecule has 4 atom stereocenters. The average Bonchev–Trinajstić information content (AvgIpc) is 2.69. The summed E-state index contributed by atoms with van der Waals surface area (Å²) in [5.41, 5.74) is 0.717. The van der Waals surface area contributed by atoms with Gasteiger partial charge in [0.15, 0.2) is 0 Å². The summed E-state index contributed by atoms with van der Waals surface area (Å²) < 4.78 is 0. The lowest BCUT2D eigenvalue weighted by Crippen LogP contribution is -2.66. The number of nitrogens with one attached hydrogen (secondary N) is 1. The van der Waals surface area contributed by atoms with Crippen LogP contribution in [0.25, 0.3) is 0 Å². The second-order valence-corrected chi connectivity index (χ2v) is 8.91. The molecule has 3 heterocycles. The van der Waals surface area contributed by atoms with E-state index in [0.29, 0.717) is 28.9 Å². The maximum atomic E-state index is 13.3. The Morgan fingerprint density at radius 3 is 2.78 bits per heavy atom. The first-order valence-corrected chi connectivity index (χ1v) is 11.1. The molecule has 1 N–H and O–H groups in total. The first-order chi connectivity index (χ1) is 13.2. The second-order valence-electron chi connectivity index (χ2n) is 8.51. The second kappa shape index (κ2) is 8.40. The number of piperidine rings is 3. The average molecular weight is 390 g/mol. The molecule has 27 heavy (non-hydrogen) atoms. The van der Waals surface area contributed by atoms with Crippen LogP contribution in [-0.4, -0.2) is 47.5 Å². The van der Waals surface area contributed by atoms with Crippen molar-refractivity contribution >= 4 is 23.3 Å². The van der Waals surface area contributed by atoms with Crippen LogP contribution >= 0.6 is 11.6 Å². The van der Waals surface area contributed by atoms with Crippen LogP contribution in [0.4, 0.5) is 10.5 Å². The van der Waals surface area contributed by atoms with Crippen LogP contribution < -0.4 is 5.32 Å².